The van der Waals surface area contributed by atoms with Gasteiger partial charge in [0.15, 0.2) is 5.43 Å². The number of benzene rings is 3. The van der Waals surface area contributed by atoms with Crippen molar-refractivity contribution >= 4 is 28.3 Å². The molecule has 7 nitrogen and oxygen atoms in total. The molecule has 4 rings (SSSR count). The number of anilines is 2. The lowest BCUT2D eigenvalue weighted by Gasteiger charge is -2.27. The third kappa shape index (κ3) is 5.00. The van der Waals surface area contributed by atoms with Gasteiger partial charge in [0.05, 0.1) is 13.7 Å². The van der Waals surface area contributed by atoms with Gasteiger partial charge in [0.25, 0.3) is 0 Å². The number of methoxy groups -OCH3 is 1. The number of carbonyl (C=O) groups is 1. The Labute approximate surface area is 210 Å². The SMILES string of the molecule is CCOC(=O)CCCN(CC)c1cc(OC)c(-c2c3ccc(=O)cc-3oc3cc(N)ccc23)cc1C. The summed E-state index contributed by atoms with van der Waals surface area (Å²) in [5.41, 5.74) is 11.8. The molecule has 2 aromatic rings. The van der Waals surface area contributed by atoms with Crippen molar-refractivity contribution in [1.29, 1.82) is 0 Å². The van der Waals surface area contributed by atoms with Gasteiger partial charge < -0.3 is 24.5 Å². The maximum absolute atomic E-state index is 12.1. The molecular weight excluding hydrogens is 456 g/mol. The third-order valence-corrected chi connectivity index (χ3v) is 6.34. The van der Waals surface area contributed by atoms with Gasteiger partial charge in [-0.25, -0.2) is 0 Å². The Hall–Kier alpha value is -4.00. The van der Waals surface area contributed by atoms with E-state index >= 15 is 0 Å². The molecule has 0 radical (unpaired) electrons. The molecule has 0 amide bonds. The van der Waals surface area contributed by atoms with Crippen LogP contribution in [-0.2, 0) is 9.53 Å². The number of esters is 1. The fourth-order valence-electron chi connectivity index (χ4n) is 4.66. The summed E-state index contributed by atoms with van der Waals surface area (Å²) in [5, 5.41) is 0.877. The van der Waals surface area contributed by atoms with Crippen LogP contribution in [0.1, 0.15) is 32.3 Å². The summed E-state index contributed by atoms with van der Waals surface area (Å²) in [6, 6.07) is 14.5. The fourth-order valence-corrected chi connectivity index (χ4v) is 4.66. The first kappa shape index (κ1) is 25.1. The number of nitrogens with zero attached hydrogens (tertiary/aromatic N) is 1. The molecule has 0 bridgehead atoms. The van der Waals surface area contributed by atoms with Crippen LogP contribution >= 0.6 is 0 Å². The summed E-state index contributed by atoms with van der Waals surface area (Å²) in [7, 11) is 1.65. The van der Waals surface area contributed by atoms with E-state index in [1.807, 2.05) is 25.1 Å². The summed E-state index contributed by atoms with van der Waals surface area (Å²) < 4.78 is 17.0. The van der Waals surface area contributed by atoms with Gasteiger partial charge in [0.1, 0.15) is 17.1 Å². The van der Waals surface area contributed by atoms with Crippen molar-refractivity contribution in [3.8, 4) is 28.2 Å². The summed E-state index contributed by atoms with van der Waals surface area (Å²) >= 11 is 0. The van der Waals surface area contributed by atoms with Crippen molar-refractivity contribution in [3.05, 3.63) is 64.3 Å². The Balaban J connectivity index is 1.82. The lowest BCUT2D eigenvalue weighted by atomic mass is 9.91. The smallest absolute Gasteiger partial charge is 0.305 e. The minimum absolute atomic E-state index is 0.125. The second-order valence-corrected chi connectivity index (χ2v) is 8.72. The minimum atomic E-state index is -0.173. The van der Waals surface area contributed by atoms with Crippen LogP contribution in [0.4, 0.5) is 11.4 Å². The van der Waals surface area contributed by atoms with Crippen LogP contribution in [0.15, 0.2) is 57.7 Å². The van der Waals surface area contributed by atoms with Crippen molar-refractivity contribution in [1.82, 2.24) is 0 Å². The Kier molecular flexibility index (Phi) is 7.48. The number of fused-ring (bicyclic) bond motifs is 2. The molecule has 1 aliphatic carbocycles. The average Bonchev–Trinajstić information content (AvgIpc) is 2.85. The molecule has 188 valence electrons. The van der Waals surface area contributed by atoms with Crippen molar-refractivity contribution in [2.75, 3.05) is 37.4 Å². The molecule has 2 aromatic carbocycles. The molecule has 0 atom stereocenters. The van der Waals surface area contributed by atoms with Gasteiger partial charge in [0, 0.05) is 71.2 Å². The molecule has 2 aliphatic rings. The topological polar surface area (TPSA) is 95.0 Å². The highest BCUT2D eigenvalue weighted by atomic mass is 16.5. The molecule has 0 unspecified atom stereocenters. The largest absolute Gasteiger partial charge is 0.496 e. The molecule has 1 heterocycles. The monoisotopic (exact) mass is 488 g/mol. The van der Waals surface area contributed by atoms with Crippen molar-refractivity contribution in [3.63, 3.8) is 0 Å². The van der Waals surface area contributed by atoms with E-state index in [4.69, 9.17) is 19.6 Å². The number of hydrogen-bond donors (Lipinski definition) is 1. The zero-order valence-electron chi connectivity index (χ0n) is 21.2. The van der Waals surface area contributed by atoms with Crippen molar-refractivity contribution in [2.24, 2.45) is 0 Å². The van der Waals surface area contributed by atoms with E-state index in [1.54, 1.807) is 25.3 Å². The fraction of sp³-hybridized carbons (Fsp3) is 0.310. The number of hydrogen-bond acceptors (Lipinski definition) is 7. The van der Waals surface area contributed by atoms with Gasteiger partial charge in [-0.05, 0) is 63.1 Å². The molecule has 0 aromatic heterocycles. The van der Waals surface area contributed by atoms with Gasteiger partial charge in [-0.15, -0.1) is 0 Å². The molecule has 1 aliphatic heterocycles. The van der Waals surface area contributed by atoms with Gasteiger partial charge in [-0.2, -0.15) is 0 Å². The lowest BCUT2D eigenvalue weighted by Crippen LogP contribution is -2.25. The van der Waals surface area contributed by atoms with Gasteiger partial charge in [-0.1, -0.05) is 0 Å². The highest BCUT2D eigenvalue weighted by molar-refractivity contribution is 6.04. The number of carbonyl (C=O) groups excluding carboxylic acids is 1. The lowest BCUT2D eigenvalue weighted by molar-refractivity contribution is -0.143. The molecule has 0 fully saturated rings. The number of rotatable bonds is 9. The quantitative estimate of drug-likeness (QED) is 0.185. The zero-order chi connectivity index (χ0) is 25.8. The van der Waals surface area contributed by atoms with Crippen LogP contribution in [0.2, 0.25) is 0 Å². The van der Waals surface area contributed by atoms with E-state index < -0.39 is 0 Å². The highest BCUT2D eigenvalue weighted by Gasteiger charge is 2.22. The predicted octanol–water partition coefficient (Wildman–Crippen LogP) is 5.63. The number of aryl methyl sites for hydroxylation is 1. The summed E-state index contributed by atoms with van der Waals surface area (Å²) in [6.07, 6.45) is 1.08. The second kappa shape index (κ2) is 10.7. The Morgan fingerprint density at radius 3 is 2.58 bits per heavy atom. The first-order valence-electron chi connectivity index (χ1n) is 12.2. The minimum Gasteiger partial charge on any atom is -0.496 e. The average molecular weight is 489 g/mol. The molecule has 2 N–H and O–H groups in total. The number of nitrogen functional groups attached to an aromatic ring is 1. The predicted molar refractivity (Wildman–Crippen MR) is 144 cm³/mol. The van der Waals surface area contributed by atoms with Crippen LogP contribution in [0.5, 0.6) is 5.75 Å². The van der Waals surface area contributed by atoms with E-state index in [1.165, 1.54) is 6.07 Å². The molecule has 0 spiro atoms. The van der Waals surface area contributed by atoms with E-state index in [0.29, 0.717) is 42.2 Å². The van der Waals surface area contributed by atoms with Crippen LogP contribution in [0.3, 0.4) is 0 Å². The standard InChI is InChI=1S/C29H32N2O5/c1-5-31(13-7-8-28(33)35-6-2)24-17-25(34-4)23(14-18(24)3)29-21-11-9-19(30)15-26(21)36-27-16-20(32)10-12-22(27)29/h9-12,14-17H,5-8,13,30H2,1-4H3. The van der Waals surface area contributed by atoms with E-state index in [9.17, 15) is 9.59 Å². The van der Waals surface area contributed by atoms with E-state index in [0.717, 1.165) is 46.4 Å². The summed E-state index contributed by atoms with van der Waals surface area (Å²) in [6.45, 7) is 7.88. The summed E-state index contributed by atoms with van der Waals surface area (Å²) in [5.74, 6) is 1.03. The normalized spacial score (nSPS) is 11.1. The van der Waals surface area contributed by atoms with Gasteiger partial charge in [-0.3, -0.25) is 9.59 Å². The summed E-state index contributed by atoms with van der Waals surface area (Å²) in [4.78, 5) is 26.1. The third-order valence-electron chi connectivity index (χ3n) is 6.34. The molecule has 36 heavy (non-hydrogen) atoms. The number of nitrogens with two attached hydrogens (primary N) is 1. The van der Waals surface area contributed by atoms with Crippen molar-refractivity contribution < 1.29 is 18.7 Å². The van der Waals surface area contributed by atoms with Crippen LogP contribution in [-0.4, -0.2) is 32.8 Å². The van der Waals surface area contributed by atoms with Crippen LogP contribution in [0.25, 0.3) is 33.4 Å². The first-order valence-corrected chi connectivity index (χ1v) is 12.2. The Morgan fingerprint density at radius 2 is 1.86 bits per heavy atom. The van der Waals surface area contributed by atoms with Crippen molar-refractivity contribution in [2.45, 2.75) is 33.6 Å². The zero-order valence-corrected chi connectivity index (χ0v) is 21.2. The highest BCUT2D eigenvalue weighted by Crippen LogP contribution is 2.45. The first-order chi connectivity index (χ1) is 17.4. The maximum atomic E-state index is 12.1. The Morgan fingerprint density at radius 1 is 1.06 bits per heavy atom. The van der Waals surface area contributed by atoms with Crippen LogP contribution in [0, 0.1) is 6.92 Å². The Bertz CT molecular complexity index is 1430. The number of ether oxygens (including phenoxy) is 2. The van der Waals surface area contributed by atoms with E-state index in [-0.39, 0.29) is 11.4 Å². The second-order valence-electron chi connectivity index (χ2n) is 8.72. The maximum Gasteiger partial charge on any atom is 0.305 e. The molecule has 0 saturated carbocycles. The van der Waals surface area contributed by atoms with E-state index in [2.05, 4.69) is 24.8 Å². The molecule has 0 saturated heterocycles. The molecule has 7 heteroatoms. The molecular formula is C29H32N2O5. The van der Waals surface area contributed by atoms with Crippen LogP contribution < -0.4 is 20.8 Å². The van der Waals surface area contributed by atoms with Gasteiger partial charge in [0.2, 0.25) is 0 Å². The van der Waals surface area contributed by atoms with Gasteiger partial charge >= 0.3 is 5.97 Å².